The minimum absolute atomic E-state index is 0.0756. The van der Waals surface area contributed by atoms with E-state index in [1.54, 1.807) is 39.5 Å². The van der Waals surface area contributed by atoms with E-state index in [0.717, 1.165) is 29.6 Å². The number of pyridine rings is 2. The third-order valence-corrected chi connectivity index (χ3v) is 5.63. The van der Waals surface area contributed by atoms with Crippen molar-refractivity contribution in [1.29, 1.82) is 0 Å². The highest BCUT2D eigenvalue weighted by atomic mass is 16.4. The molecule has 3 heterocycles. The van der Waals surface area contributed by atoms with E-state index in [2.05, 4.69) is 14.9 Å². The molecule has 8 heteroatoms. The van der Waals surface area contributed by atoms with Crippen molar-refractivity contribution in [2.45, 2.75) is 45.1 Å². The van der Waals surface area contributed by atoms with Gasteiger partial charge in [-0.3, -0.25) is 19.6 Å². The van der Waals surface area contributed by atoms with Gasteiger partial charge in [-0.2, -0.15) is 0 Å². The van der Waals surface area contributed by atoms with Gasteiger partial charge in [-0.1, -0.05) is 13.8 Å². The lowest BCUT2D eigenvalue weighted by Crippen LogP contribution is -2.55. The number of anilines is 1. The van der Waals surface area contributed by atoms with Crippen LogP contribution in [0.4, 0.5) is 5.69 Å². The highest BCUT2D eigenvalue weighted by Gasteiger charge is 2.37. The maximum absolute atomic E-state index is 12.7. The first kappa shape index (κ1) is 22.0. The van der Waals surface area contributed by atoms with Gasteiger partial charge in [0.2, 0.25) is 5.91 Å². The molecule has 2 aromatic heterocycles. The lowest BCUT2D eigenvalue weighted by Gasteiger charge is -2.42. The van der Waals surface area contributed by atoms with Crippen LogP contribution < -0.4 is 4.90 Å². The molecule has 1 unspecified atom stereocenters. The molecule has 1 aliphatic rings. The van der Waals surface area contributed by atoms with Crippen molar-refractivity contribution >= 4 is 28.5 Å². The lowest BCUT2D eigenvalue weighted by atomic mass is 9.85. The van der Waals surface area contributed by atoms with Gasteiger partial charge in [0.15, 0.2) is 0 Å². The second-order valence-electron chi connectivity index (χ2n) is 9.13. The standard InChI is InChI=1S/C22H30N4O4/c1-21(2,12-20(28)29)11-19(27)25(3)14-22(30)7-4-10-26(15-22)18-6-9-24-17-5-8-23-13-16(17)18/h5-6,8-9,13,30H,4,7,10-12,14-15H2,1-3H3,(H,28,29). The van der Waals surface area contributed by atoms with Gasteiger partial charge in [0, 0.05) is 56.2 Å². The van der Waals surface area contributed by atoms with Crippen molar-refractivity contribution in [3.05, 3.63) is 30.7 Å². The van der Waals surface area contributed by atoms with E-state index in [9.17, 15) is 14.7 Å². The van der Waals surface area contributed by atoms with Gasteiger partial charge in [-0.15, -0.1) is 0 Å². The fourth-order valence-corrected chi connectivity index (χ4v) is 4.24. The molecule has 2 aromatic rings. The first-order valence-electron chi connectivity index (χ1n) is 10.2. The van der Waals surface area contributed by atoms with Crippen LogP contribution in [0.3, 0.4) is 0 Å². The minimum atomic E-state index is -1.04. The number of fused-ring (bicyclic) bond motifs is 1. The molecular weight excluding hydrogens is 384 g/mol. The highest BCUT2D eigenvalue weighted by Crippen LogP contribution is 2.31. The number of rotatable bonds is 7. The fourth-order valence-electron chi connectivity index (χ4n) is 4.24. The fraction of sp³-hybridized carbons (Fsp3) is 0.545. The summed E-state index contributed by atoms with van der Waals surface area (Å²) in [5, 5.41) is 21.2. The van der Waals surface area contributed by atoms with E-state index in [-0.39, 0.29) is 25.3 Å². The topological polar surface area (TPSA) is 107 Å². The number of aromatic nitrogens is 2. The number of likely N-dealkylation sites (N-methyl/N-ethyl adjacent to an activating group) is 1. The Hall–Kier alpha value is -2.74. The van der Waals surface area contributed by atoms with E-state index in [4.69, 9.17) is 5.11 Å². The lowest BCUT2D eigenvalue weighted by molar-refractivity contribution is -0.141. The molecule has 0 saturated carbocycles. The van der Waals surface area contributed by atoms with Gasteiger partial charge < -0.3 is 20.0 Å². The molecule has 1 saturated heterocycles. The SMILES string of the molecule is CN(CC1(O)CCCN(c2ccnc3ccncc23)C1)C(=O)CC(C)(C)CC(=O)O. The molecular formula is C22H30N4O4. The van der Waals surface area contributed by atoms with Crippen molar-refractivity contribution < 1.29 is 19.8 Å². The second kappa shape index (κ2) is 8.55. The number of amides is 1. The number of hydrogen-bond donors (Lipinski definition) is 2. The summed E-state index contributed by atoms with van der Waals surface area (Å²) in [6.45, 7) is 4.95. The number of carbonyl (C=O) groups is 2. The van der Waals surface area contributed by atoms with Crippen LogP contribution in [0.5, 0.6) is 0 Å². The molecule has 0 aliphatic carbocycles. The molecule has 0 spiro atoms. The monoisotopic (exact) mass is 414 g/mol. The summed E-state index contributed by atoms with van der Waals surface area (Å²) in [4.78, 5) is 35.9. The van der Waals surface area contributed by atoms with E-state index < -0.39 is 17.0 Å². The summed E-state index contributed by atoms with van der Waals surface area (Å²) < 4.78 is 0. The van der Waals surface area contributed by atoms with Gasteiger partial charge >= 0.3 is 5.97 Å². The van der Waals surface area contributed by atoms with Gasteiger partial charge in [-0.05, 0) is 30.4 Å². The van der Waals surface area contributed by atoms with Crippen LogP contribution in [0.15, 0.2) is 30.7 Å². The predicted molar refractivity (Wildman–Crippen MR) is 114 cm³/mol. The van der Waals surface area contributed by atoms with Gasteiger partial charge in [0.1, 0.15) is 0 Å². The van der Waals surface area contributed by atoms with Crippen molar-refractivity contribution in [2.24, 2.45) is 5.41 Å². The summed E-state index contributed by atoms with van der Waals surface area (Å²) in [7, 11) is 1.67. The molecule has 1 aliphatic heterocycles. The molecule has 162 valence electrons. The van der Waals surface area contributed by atoms with E-state index >= 15 is 0 Å². The zero-order valence-electron chi connectivity index (χ0n) is 17.8. The van der Waals surface area contributed by atoms with Crippen LogP contribution in [0.25, 0.3) is 10.9 Å². The number of carboxylic acids is 1. The average molecular weight is 415 g/mol. The van der Waals surface area contributed by atoms with Crippen LogP contribution in [0.2, 0.25) is 0 Å². The maximum Gasteiger partial charge on any atom is 0.303 e. The Morgan fingerprint density at radius 1 is 1.27 bits per heavy atom. The Labute approximate surface area is 176 Å². The first-order valence-corrected chi connectivity index (χ1v) is 10.2. The minimum Gasteiger partial charge on any atom is -0.481 e. The third-order valence-electron chi connectivity index (χ3n) is 5.63. The predicted octanol–water partition coefficient (Wildman–Crippen LogP) is 2.31. The zero-order valence-corrected chi connectivity index (χ0v) is 17.8. The summed E-state index contributed by atoms with van der Waals surface area (Å²) in [5.74, 6) is -1.08. The smallest absolute Gasteiger partial charge is 0.303 e. The van der Waals surface area contributed by atoms with Crippen LogP contribution in [-0.2, 0) is 9.59 Å². The van der Waals surface area contributed by atoms with Crippen molar-refractivity contribution in [2.75, 3.05) is 31.6 Å². The van der Waals surface area contributed by atoms with Crippen LogP contribution >= 0.6 is 0 Å². The van der Waals surface area contributed by atoms with E-state index in [0.29, 0.717) is 13.0 Å². The Balaban J connectivity index is 1.70. The van der Waals surface area contributed by atoms with Crippen LogP contribution in [-0.4, -0.2) is 69.2 Å². The first-order chi connectivity index (χ1) is 14.1. The highest BCUT2D eigenvalue weighted by molar-refractivity contribution is 5.90. The molecule has 3 rings (SSSR count). The summed E-state index contributed by atoms with van der Waals surface area (Å²) in [6, 6.07) is 3.79. The Morgan fingerprint density at radius 3 is 2.77 bits per heavy atom. The van der Waals surface area contributed by atoms with Crippen LogP contribution in [0, 0.1) is 5.41 Å². The molecule has 0 bridgehead atoms. The zero-order chi connectivity index (χ0) is 21.9. The van der Waals surface area contributed by atoms with Gasteiger partial charge in [-0.25, -0.2) is 0 Å². The summed E-state index contributed by atoms with van der Waals surface area (Å²) in [6.07, 6.45) is 6.69. The van der Waals surface area contributed by atoms with E-state index in [1.807, 2.05) is 12.1 Å². The van der Waals surface area contributed by atoms with Crippen LogP contribution in [0.1, 0.15) is 39.5 Å². The van der Waals surface area contributed by atoms with Gasteiger partial charge in [0.25, 0.3) is 0 Å². The summed E-state index contributed by atoms with van der Waals surface area (Å²) >= 11 is 0. The normalized spacial score (nSPS) is 19.7. The second-order valence-corrected chi connectivity index (χ2v) is 9.13. The number of carboxylic acid groups (broad SMARTS) is 1. The number of hydrogen-bond acceptors (Lipinski definition) is 6. The number of piperidine rings is 1. The third kappa shape index (κ3) is 5.24. The van der Waals surface area contributed by atoms with E-state index in [1.165, 1.54) is 4.90 Å². The van der Waals surface area contributed by atoms with Crippen molar-refractivity contribution in [3.63, 3.8) is 0 Å². The molecule has 1 fully saturated rings. The Morgan fingerprint density at radius 2 is 2.03 bits per heavy atom. The number of aliphatic hydroxyl groups is 1. The van der Waals surface area contributed by atoms with Crippen molar-refractivity contribution in [3.8, 4) is 0 Å². The molecule has 30 heavy (non-hydrogen) atoms. The maximum atomic E-state index is 12.7. The Bertz CT molecular complexity index is 927. The number of carbonyl (C=O) groups excluding carboxylic acids is 1. The quantitative estimate of drug-likeness (QED) is 0.716. The van der Waals surface area contributed by atoms with Gasteiger partial charge in [0.05, 0.1) is 24.1 Å². The largest absolute Gasteiger partial charge is 0.481 e. The summed E-state index contributed by atoms with van der Waals surface area (Å²) in [5.41, 5.74) is 0.144. The molecule has 8 nitrogen and oxygen atoms in total. The molecule has 0 radical (unpaired) electrons. The molecule has 1 atom stereocenters. The number of aliphatic carboxylic acids is 1. The number of nitrogens with zero attached hydrogens (tertiary/aromatic N) is 4. The number of β-amino-alcohol motifs (C(OH)–C–C–N with tert-alkyl or cyclic N) is 1. The van der Waals surface area contributed by atoms with Crippen molar-refractivity contribution in [1.82, 2.24) is 14.9 Å². The molecule has 0 aromatic carbocycles. The molecule has 1 amide bonds. The molecule has 2 N–H and O–H groups in total. The average Bonchev–Trinajstić information content (AvgIpc) is 2.65. The Kier molecular flexibility index (Phi) is 6.26.